The number of aromatic nitrogens is 4. The Kier molecular flexibility index (Phi) is 5.56. The summed E-state index contributed by atoms with van der Waals surface area (Å²) in [6.07, 6.45) is 1.78. The topological polar surface area (TPSA) is 85.2 Å². The number of nitrogens with zero attached hydrogens (tertiary/aromatic N) is 5. The summed E-state index contributed by atoms with van der Waals surface area (Å²) in [5.74, 6) is -0.0887. The molecular formula is C23H24N6O2. The largest absolute Gasteiger partial charge is 0.379 e. The van der Waals surface area contributed by atoms with Crippen molar-refractivity contribution < 1.29 is 9.53 Å². The Bertz CT molecular complexity index is 1200. The SMILES string of the molecule is O=C(NCCN1CCOCC1)c1ccc2nnc3ncn(Cc4ccccc4)c3c2c1. The highest BCUT2D eigenvalue weighted by Crippen LogP contribution is 2.23. The van der Waals surface area contributed by atoms with Gasteiger partial charge in [0.05, 0.1) is 30.6 Å². The Morgan fingerprint density at radius 2 is 1.90 bits per heavy atom. The van der Waals surface area contributed by atoms with Crippen LogP contribution in [0.2, 0.25) is 0 Å². The lowest BCUT2D eigenvalue weighted by atomic mass is 10.1. The van der Waals surface area contributed by atoms with Gasteiger partial charge in [0.15, 0.2) is 0 Å². The molecule has 2 aromatic heterocycles. The Hall–Kier alpha value is -3.36. The maximum Gasteiger partial charge on any atom is 0.251 e. The van der Waals surface area contributed by atoms with Gasteiger partial charge in [0.25, 0.3) is 5.91 Å². The molecule has 0 saturated carbocycles. The van der Waals surface area contributed by atoms with E-state index in [4.69, 9.17) is 4.74 Å². The minimum absolute atomic E-state index is 0.0887. The minimum Gasteiger partial charge on any atom is -0.379 e. The fourth-order valence-corrected chi connectivity index (χ4v) is 3.93. The second-order valence-electron chi connectivity index (χ2n) is 7.67. The summed E-state index contributed by atoms with van der Waals surface area (Å²) >= 11 is 0. The van der Waals surface area contributed by atoms with E-state index < -0.39 is 0 Å². The third kappa shape index (κ3) is 4.26. The molecule has 0 bridgehead atoms. The van der Waals surface area contributed by atoms with E-state index in [1.165, 1.54) is 5.56 Å². The lowest BCUT2D eigenvalue weighted by Gasteiger charge is -2.26. The van der Waals surface area contributed by atoms with Crippen molar-refractivity contribution in [2.24, 2.45) is 0 Å². The van der Waals surface area contributed by atoms with Gasteiger partial charge in [-0.15, -0.1) is 10.2 Å². The van der Waals surface area contributed by atoms with Crippen LogP contribution in [0.15, 0.2) is 54.9 Å². The van der Waals surface area contributed by atoms with Gasteiger partial charge in [-0.3, -0.25) is 9.69 Å². The highest BCUT2D eigenvalue weighted by atomic mass is 16.5. The number of benzene rings is 2. The second kappa shape index (κ2) is 8.79. The van der Waals surface area contributed by atoms with Gasteiger partial charge in [0, 0.05) is 43.7 Å². The number of rotatable bonds is 6. The van der Waals surface area contributed by atoms with Crippen LogP contribution in [0.3, 0.4) is 0 Å². The monoisotopic (exact) mass is 416 g/mol. The van der Waals surface area contributed by atoms with E-state index in [1.807, 2.05) is 30.3 Å². The summed E-state index contributed by atoms with van der Waals surface area (Å²) in [5, 5.41) is 12.4. The summed E-state index contributed by atoms with van der Waals surface area (Å²) in [6, 6.07) is 15.7. The van der Waals surface area contributed by atoms with E-state index in [2.05, 4.69) is 42.1 Å². The molecule has 1 N–H and O–H groups in total. The third-order valence-corrected chi connectivity index (χ3v) is 5.60. The molecule has 8 nitrogen and oxygen atoms in total. The molecule has 0 radical (unpaired) electrons. The normalized spacial score (nSPS) is 14.8. The van der Waals surface area contributed by atoms with E-state index in [1.54, 1.807) is 12.4 Å². The quantitative estimate of drug-likeness (QED) is 0.518. The van der Waals surface area contributed by atoms with E-state index >= 15 is 0 Å². The molecule has 1 aliphatic rings. The van der Waals surface area contributed by atoms with E-state index in [9.17, 15) is 4.79 Å². The second-order valence-corrected chi connectivity index (χ2v) is 7.67. The molecule has 31 heavy (non-hydrogen) atoms. The van der Waals surface area contributed by atoms with Gasteiger partial charge in [-0.25, -0.2) is 4.98 Å². The molecule has 0 spiro atoms. The minimum atomic E-state index is -0.0887. The highest BCUT2D eigenvalue weighted by Gasteiger charge is 2.14. The number of hydrogen-bond donors (Lipinski definition) is 1. The lowest BCUT2D eigenvalue weighted by molar-refractivity contribution is 0.0383. The number of carbonyl (C=O) groups excluding carboxylic acids is 1. The van der Waals surface area contributed by atoms with Crippen LogP contribution in [-0.2, 0) is 11.3 Å². The summed E-state index contributed by atoms with van der Waals surface area (Å²) in [6.45, 7) is 5.43. The molecule has 0 unspecified atom stereocenters. The van der Waals surface area contributed by atoms with Crippen molar-refractivity contribution in [3.63, 3.8) is 0 Å². The number of amides is 1. The molecule has 1 amide bonds. The zero-order valence-corrected chi connectivity index (χ0v) is 17.2. The van der Waals surface area contributed by atoms with Crippen LogP contribution in [0.25, 0.3) is 22.1 Å². The number of fused-ring (bicyclic) bond motifs is 3. The molecule has 1 fully saturated rings. The van der Waals surface area contributed by atoms with Crippen LogP contribution >= 0.6 is 0 Å². The van der Waals surface area contributed by atoms with Crippen LogP contribution in [0.1, 0.15) is 15.9 Å². The molecule has 4 aromatic rings. The van der Waals surface area contributed by atoms with Crippen LogP contribution in [0, 0.1) is 0 Å². The van der Waals surface area contributed by atoms with Crippen molar-refractivity contribution in [1.29, 1.82) is 0 Å². The molecular weight excluding hydrogens is 392 g/mol. The van der Waals surface area contributed by atoms with Crippen molar-refractivity contribution in [2.45, 2.75) is 6.54 Å². The summed E-state index contributed by atoms with van der Waals surface area (Å²) in [7, 11) is 0. The summed E-state index contributed by atoms with van der Waals surface area (Å²) < 4.78 is 7.42. The van der Waals surface area contributed by atoms with Crippen molar-refractivity contribution >= 4 is 28.0 Å². The summed E-state index contributed by atoms with van der Waals surface area (Å²) in [4.78, 5) is 19.5. The van der Waals surface area contributed by atoms with Crippen molar-refractivity contribution in [3.8, 4) is 0 Å². The van der Waals surface area contributed by atoms with E-state index in [-0.39, 0.29) is 5.91 Å². The number of carbonyl (C=O) groups is 1. The smallest absolute Gasteiger partial charge is 0.251 e. The third-order valence-electron chi connectivity index (χ3n) is 5.60. The summed E-state index contributed by atoms with van der Waals surface area (Å²) in [5.41, 5.74) is 3.98. The van der Waals surface area contributed by atoms with Gasteiger partial charge in [0.1, 0.15) is 0 Å². The number of nitrogens with one attached hydrogen (secondary N) is 1. The zero-order valence-electron chi connectivity index (χ0n) is 17.2. The zero-order chi connectivity index (χ0) is 21.0. The first kappa shape index (κ1) is 19.6. The van der Waals surface area contributed by atoms with Gasteiger partial charge in [-0.2, -0.15) is 0 Å². The number of imidazole rings is 1. The highest BCUT2D eigenvalue weighted by molar-refractivity contribution is 6.05. The molecule has 0 aliphatic carbocycles. The standard InChI is InChI=1S/C23H24N6O2/c30-23(24-8-9-28-10-12-31-13-11-28)18-6-7-20-19(14-18)21-22(27-26-20)25-16-29(21)15-17-4-2-1-3-5-17/h1-7,14,16H,8-13,15H2,(H,24,30). The Balaban J connectivity index is 1.39. The van der Waals surface area contributed by atoms with Gasteiger partial charge in [0.2, 0.25) is 5.65 Å². The fourth-order valence-electron chi connectivity index (χ4n) is 3.93. The first-order valence-electron chi connectivity index (χ1n) is 10.5. The molecule has 8 heteroatoms. The van der Waals surface area contributed by atoms with Gasteiger partial charge in [-0.1, -0.05) is 30.3 Å². The van der Waals surface area contributed by atoms with Crippen LogP contribution in [0.5, 0.6) is 0 Å². The predicted octanol–water partition coefficient (Wildman–Crippen LogP) is 2.09. The van der Waals surface area contributed by atoms with Crippen molar-refractivity contribution in [1.82, 2.24) is 30.0 Å². The molecule has 1 aliphatic heterocycles. The Labute approximate surface area is 179 Å². The molecule has 0 atom stereocenters. The van der Waals surface area contributed by atoms with Gasteiger partial charge < -0.3 is 14.6 Å². The van der Waals surface area contributed by atoms with Crippen LogP contribution in [0.4, 0.5) is 0 Å². The lowest BCUT2D eigenvalue weighted by Crippen LogP contribution is -2.41. The number of morpholine rings is 1. The first-order chi connectivity index (χ1) is 15.3. The molecule has 3 heterocycles. The van der Waals surface area contributed by atoms with Crippen molar-refractivity contribution in [2.75, 3.05) is 39.4 Å². The van der Waals surface area contributed by atoms with Crippen LogP contribution < -0.4 is 5.32 Å². The average Bonchev–Trinajstić information content (AvgIpc) is 3.23. The van der Waals surface area contributed by atoms with Gasteiger partial charge in [-0.05, 0) is 23.8 Å². The number of ether oxygens (including phenoxy) is 1. The first-order valence-corrected chi connectivity index (χ1v) is 10.5. The maximum atomic E-state index is 12.8. The van der Waals surface area contributed by atoms with Crippen molar-refractivity contribution in [3.05, 3.63) is 66.0 Å². The van der Waals surface area contributed by atoms with E-state index in [0.29, 0.717) is 24.3 Å². The number of hydrogen-bond acceptors (Lipinski definition) is 6. The van der Waals surface area contributed by atoms with Crippen LogP contribution in [-0.4, -0.2) is 69.9 Å². The Morgan fingerprint density at radius 3 is 2.74 bits per heavy atom. The fraction of sp³-hybridized carbons (Fsp3) is 0.304. The van der Waals surface area contributed by atoms with E-state index in [0.717, 1.165) is 49.3 Å². The average molecular weight is 416 g/mol. The van der Waals surface area contributed by atoms with Gasteiger partial charge >= 0.3 is 0 Å². The molecule has 2 aromatic carbocycles. The molecule has 1 saturated heterocycles. The maximum absolute atomic E-state index is 12.8. The predicted molar refractivity (Wildman–Crippen MR) is 118 cm³/mol. The molecule has 5 rings (SSSR count). The molecule has 158 valence electrons. The Morgan fingerprint density at radius 1 is 1.06 bits per heavy atom.